The predicted octanol–water partition coefficient (Wildman–Crippen LogP) is 3.89. The Balaban J connectivity index is 1.75. The molecule has 3 rings (SSSR count). The Labute approximate surface area is 206 Å². The maximum absolute atomic E-state index is 13.3. The van der Waals surface area contributed by atoms with Crippen LogP contribution >= 0.6 is 0 Å². The van der Waals surface area contributed by atoms with Crippen LogP contribution in [-0.2, 0) is 14.8 Å². The normalized spacial score (nSPS) is 11.3. The number of ether oxygens (including phenoxy) is 1. The van der Waals surface area contributed by atoms with E-state index in [1.54, 1.807) is 42.5 Å². The maximum atomic E-state index is 13.3. The fourth-order valence-corrected chi connectivity index (χ4v) is 4.93. The average molecular weight is 495 g/mol. The van der Waals surface area contributed by atoms with E-state index < -0.39 is 22.5 Å². The molecule has 0 spiro atoms. The summed E-state index contributed by atoms with van der Waals surface area (Å²) in [6, 6.07) is 22.2. The molecule has 8 nitrogen and oxygen atoms in total. The first-order chi connectivity index (χ1) is 16.9. The number of benzene rings is 3. The Morgan fingerprint density at radius 2 is 1.51 bits per heavy atom. The number of hydrogen-bond acceptors (Lipinski definition) is 6. The standard InChI is InChI=1S/C26H30N4O4S/c1-4-29(5-2)22-13-11-21(12-14-22)19-27-28-26(31)20-30(23-15-17-24(34-3)18-16-23)35(32,33)25-9-7-6-8-10-25/h6-19H,4-5,20H2,1-3H3,(H,28,31)/b27-19+. The number of hydrazone groups is 1. The van der Waals surface area contributed by atoms with Gasteiger partial charge in [-0.2, -0.15) is 5.10 Å². The van der Waals surface area contributed by atoms with Gasteiger partial charge in [-0.1, -0.05) is 30.3 Å². The molecule has 0 heterocycles. The molecular formula is C26H30N4O4S. The third-order valence-electron chi connectivity index (χ3n) is 5.40. The van der Waals surface area contributed by atoms with Crippen LogP contribution in [0.1, 0.15) is 19.4 Å². The minimum absolute atomic E-state index is 0.0837. The lowest BCUT2D eigenvalue weighted by atomic mass is 10.2. The predicted molar refractivity (Wildman–Crippen MR) is 140 cm³/mol. The quantitative estimate of drug-likeness (QED) is 0.323. The number of anilines is 2. The molecule has 0 aliphatic carbocycles. The molecule has 0 aromatic heterocycles. The fraction of sp³-hybridized carbons (Fsp3) is 0.231. The van der Waals surface area contributed by atoms with Gasteiger partial charge in [0.1, 0.15) is 12.3 Å². The summed E-state index contributed by atoms with van der Waals surface area (Å²) < 4.78 is 32.9. The van der Waals surface area contributed by atoms with Gasteiger partial charge in [-0.3, -0.25) is 9.10 Å². The van der Waals surface area contributed by atoms with E-state index in [9.17, 15) is 13.2 Å². The molecule has 0 fully saturated rings. The molecule has 35 heavy (non-hydrogen) atoms. The molecule has 0 unspecified atom stereocenters. The molecule has 0 saturated carbocycles. The van der Waals surface area contributed by atoms with E-state index in [1.165, 1.54) is 25.5 Å². The summed E-state index contributed by atoms with van der Waals surface area (Å²) in [6.45, 7) is 5.58. The van der Waals surface area contributed by atoms with E-state index in [-0.39, 0.29) is 4.90 Å². The Bertz CT molecular complexity index is 1220. The second kappa shape index (κ2) is 12.0. The lowest BCUT2D eigenvalue weighted by molar-refractivity contribution is -0.119. The van der Waals surface area contributed by atoms with Gasteiger partial charge in [0.2, 0.25) is 0 Å². The van der Waals surface area contributed by atoms with Gasteiger partial charge in [-0.05, 0) is 67.9 Å². The topological polar surface area (TPSA) is 91.3 Å². The van der Waals surface area contributed by atoms with E-state index in [2.05, 4.69) is 29.3 Å². The molecular weight excluding hydrogens is 464 g/mol. The van der Waals surface area contributed by atoms with Crippen LogP contribution in [0.15, 0.2) is 88.9 Å². The third-order valence-corrected chi connectivity index (χ3v) is 7.19. The van der Waals surface area contributed by atoms with Gasteiger partial charge < -0.3 is 9.64 Å². The maximum Gasteiger partial charge on any atom is 0.264 e. The van der Waals surface area contributed by atoms with E-state index in [1.807, 2.05) is 24.3 Å². The van der Waals surface area contributed by atoms with Crippen molar-refractivity contribution in [2.45, 2.75) is 18.7 Å². The summed E-state index contributed by atoms with van der Waals surface area (Å²) >= 11 is 0. The van der Waals surface area contributed by atoms with Crippen LogP contribution in [-0.4, -0.2) is 47.3 Å². The molecule has 0 saturated heterocycles. The van der Waals surface area contributed by atoms with Gasteiger partial charge in [0.15, 0.2) is 0 Å². The van der Waals surface area contributed by atoms with Crippen LogP contribution in [0.5, 0.6) is 5.75 Å². The molecule has 1 amide bonds. The molecule has 0 aliphatic heterocycles. The van der Waals surface area contributed by atoms with E-state index in [0.717, 1.165) is 28.6 Å². The van der Waals surface area contributed by atoms with Crippen molar-refractivity contribution in [2.75, 3.05) is 35.9 Å². The number of nitrogens with one attached hydrogen (secondary N) is 1. The number of nitrogens with zero attached hydrogens (tertiary/aromatic N) is 3. The van der Waals surface area contributed by atoms with Crippen LogP contribution in [0.25, 0.3) is 0 Å². The van der Waals surface area contributed by atoms with Crippen LogP contribution < -0.4 is 19.4 Å². The average Bonchev–Trinajstić information content (AvgIpc) is 2.89. The second-order valence-electron chi connectivity index (χ2n) is 7.58. The lowest BCUT2D eigenvalue weighted by Crippen LogP contribution is -2.39. The van der Waals surface area contributed by atoms with Gasteiger partial charge in [0.25, 0.3) is 15.9 Å². The smallest absolute Gasteiger partial charge is 0.264 e. The van der Waals surface area contributed by atoms with Crippen molar-refractivity contribution in [1.82, 2.24) is 5.43 Å². The minimum Gasteiger partial charge on any atom is -0.497 e. The third kappa shape index (κ3) is 6.60. The molecule has 9 heteroatoms. The summed E-state index contributed by atoms with van der Waals surface area (Å²) in [5, 5.41) is 4.01. The number of sulfonamides is 1. The molecule has 0 bridgehead atoms. The zero-order valence-corrected chi connectivity index (χ0v) is 20.9. The summed E-state index contributed by atoms with van der Waals surface area (Å²) in [7, 11) is -2.46. The first-order valence-corrected chi connectivity index (χ1v) is 12.7. The van der Waals surface area contributed by atoms with Gasteiger partial charge in [0.05, 0.1) is 23.9 Å². The van der Waals surface area contributed by atoms with Crippen molar-refractivity contribution in [1.29, 1.82) is 0 Å². The first kappa shape index (κ1) is 25.8. The van der Waals surface area contributed by atoms with Crippen LogP contribution in [0, 0.1) is 0 Å². The highest BCUT2D eigenvalue weighted by atomic mass is 32.2. The Kier molecular flexibility index (Phi) is 8.86. The zero-order chi connectivity index (χ0) is 25.3. The summed E-state index contributed by atoms with van der Waals surface area (Å²) in [5.74, 6) is 0.00297. The highest BCUT2D eigenvalue weighted by Crippen LogP contribution is 2.25. The van der Waals surface area contributed by atoms with Crippen LogP contribution in [0.2, 0.25) is 0 Å². The highest BCUT2D eigenvalue weighted by Gasteiger charge is 2.27. The van der Waals surface area contributed by atoms with Gasteiger partial charge >= 0.3 is 0 Å². The molecule has 3 aromatic rings. The van der Waals surface area contributed by atoms with E-state index in [4.69, 9.17) is 4.74 Å². The zero-order valence-electron chi connectivity index (χ0n) is 20.1. The molecule has 184 valence electrons. The monoisotopic (exact) mass is 494 g/mol. The molecule has 1 N–H and O–H groups in total. The fourth-order valence-electron chi connectivity index (χ4n) is 3.49. The van der Waals surface area contributed by atoms with Gasteiger partial charge in [0, 0.05) is 18.8 Å². The number of carbonyl (C=O) groups is 1. The van der Waals surface area contributed by atoms with Crippen molar-refractivity contribution in [2.24, 2.45) is 5.10 Å². The van der Waals surface area contributed by atoms with Crippen LogP contribution in [0.4, 0.5) is 11.4 Å². The Morgan fingerprint density at radius 3 is 2.09 bits per heavy atom. The Hall–Kier alpha value is -3.85. The Morgan fingerprint density at radius 1 is 0.914 bits per heavy atom. The van der Waals surface area contributed by atoms with Crippen molar-refractivity contribution in [3.63, 3.8) is 0 Å². The van der Waals surface area contributed by atoms with Crippen molar-refractivity contribution >= 4 is 33.5 Å². The lowest BCUT2D eigenvalue weighted by Gasteiger charge is -2.23. The van der Waals surface area contributed by atoms with E-state index in [0.29, 0.717) is 11.4 Å². The van der Waals surface area contributed by atoms with Crippen molar-refractivity contribution < 1.29 is 17.9 Å². The van der Waals surface area contributed by atoms with Gasteiger partial charge in [-0.25, -0.2) is 13.8 Å². The van der Waals surface area contributed by atoms with E-state index >= 15 is 0 Å². The number of carbonyl (C=O) groups excluding carboxylic acids is 1. The number of methoxy groups -OCH3 is 1. The number of rotatable bonds is 11. The number of hydrogen-bond donors (Lipinski definition) is 1. The van der Waals surface area contributed by atoms with Gasteiger partial charge in [-0.15, -0.1) is 0 Å². The second-order valence-corrected chi connectivity index (χ2v) is 9.44. The SMILES string of the molecule is CCN(CC)c1ccc(/C=N/NC(=O)CN(c2ccc(OC)cc2)S(=O)(=O)c2ccccc2)cc1. The molecule has 0 atom stereocenters. The van der Waals surface area contributed by atoms with Crippen molar-refractivity contribution in [3.8, 4) is 5.75 Å². The molecule has 3 aromatic carbocycles. The first-order valence-electron chi connectivity index (χ1n) is 11.3. The highest BCUT2D eigenvalue weighted by molar-refractivity contribution is 7.92. The summed E-state index contributed by atoms with van der Waals surface area (Å²) in [6.07, 6.45) is 1.52. The molecule has 0 radical (unpaired) electrons. The summed E-state index contributed by atoms with van der Waals surface area (Å²) in [4.78, 5) is 15.0. The van der Waals surface area contributed by atoms with Crippen molar-refractivity contribution in [3.05, 3.63) is 84.4 Å². The largest absolute Gasteiger partial charge is 0.497 e. The minimum atomic E-state index is -3.99. The summed E-state index contributed by atoms with van der Waals surface area (Å²) in [5.41, 5.74) is 4.68. The van der Waals surface area contributed by atoms with Crippen LogP contribution in [0.3, 0.4) is 0 Å². The molecule has 0 aliphatic rings. The number of amides is 1.